The first-order valence-corrected chi connectivity index (χ1v) is 11.6. The van der Waals surface area contributed by atoms with Crippen LogP contribution in [-0.4, -0.2) is 51.2 Å². The number of H-pyrrole nitrogens is 1. The Balaban J connectivity index is 1.08. The van der Waals surface area contributed by atoms with Gasteiger partial charge in [-0.05, 0) is 48.9 Å². The molecule has 0 radical (unpaired) electrons. The van der Waals surface area contributed by atoms with E-state index in [4.69, 9.17) is 4.52 Å². The van der Waals surface area contributed by atoms with Gasteiger partial charge < -0.3 is 14.7 Å². The van der Waals surface area contributed by atoms with E-state index in [0.29, 0.717) is 11.3 Å². The molecule has 2 N–H and O–H groups in total. The Hall–Kier alpha value is -3.94. The Labute approximate surface area is 196 Å². The molecule has 172 valence electrons. The summed E-state index contributed by atoms with van der Waals surface area (Å²) in [6, 6.07) is 16.4. The molecule has 8 heteroatoms. The van der Waals surface area contributed by atoms with Crippen LogP contribution in [0.4, 0.5) is 0 Å². The lowest BCUT2D eigenvalue weighted by molar-refractivity contribution is -0.0200. The van der Waals surface area contributed by atoms with Crippen molar-refractivity contribution in [1.29, 1.82) is 0 Å². The third-order valence-electron chi connectivity index (χ3n) is 7.29. The Morgan fingerprint density at radius 1 is 1.06 bits per heavy atom. The van der Waals surface area contributed by atoms with Crippen molar-refractivity contribution in [3.8, 4) is 11.1 Å². The molecule has 1 saturated heterocycles. The van der Waals surface area contributed by atoms with Crippen molar-refractivity contribution >= 4 is 22.7 Å². The van der Waals surface area contributed by atoms with Gasteiger partial charge in [0, 0.05) is 29.9 Å². The smallest absolute Gasteiger partial charge is 0.275 e. The third kappa shape index (κ3) is 3.65. The van der Waals surface area contributed by atoms with Gasteiger partial charge in [0.15, 0.2) is 5.69 Å². The molecule has 1 aliphatic carbocycles. The molecule has 2 aromatic heterocycles. The number of carbonyl (C=O) groups is 2. The van der Waals surface area contributed by atoms with Gasteiger partial charge in [-0.25, -0.2) is 0 Å². The van der Waals surface area contributed by atoms with Gasteiger partial charge in [0.1, 0.15) is 6.26 Å². The van der Waals surface area contributed by atoms with E-state index in [-0.39, 0.29) is 23.3 Å². The third-order valence-corrected chi connectivity index (χ3v) is 7.29. The largest absolute Gasteiger partial charge is 0.364 e. The molecule has 4 aromatic rings. The number of aromatic amines is 1. The van der Waals surface area contributed by atoms with Crippen LogP contribution in [0.2, 0.25) is 0 Å². The van der Waals surface area contributed by atoms with Gasteiger partial charge in [-0.3, -0.25) is 14.7 Å². The highest BCUT2D eigenvalue weighted by Crippen LogP contribution is 2.44. The van der Waals surface area contributed by atoms with Crippen molar-refractivity contribution in [3.05, 3.63) is 72.2 Å². The number of nitrogens with one attached hydrogen (secondary N) is 2. The molecule has 2 aliphatic rings. The summed E-state index contributed by atoms with van der Waals surface area (Å²) in [4.78, 5) is 27.3. The highest BCUT2D eigenvalue weighted by molar-refractivity contribution is 6.05. The highest BCUT2D eigenvalue weighted by atomic mass is 16.5. The van der Waals surface area contributed by atoms with Crippen LogP contribution in [0.15, 0.2) is 65.5 Å². The SMILES string of the molecule is O=C(NC1CCC2(CC1)CN(C(=O)c1n[nH]c3cc(-c4ccccc4)ccc13)C2)c1cnoc1. The molecule has 0 bridgehead atoms. The second-order valence-electron chi connectivity index (χ2n) is 9.52. The first-order chi connectivity index (χ1) is 16.6. The zero-order chi connectivity index (χ0) is 23.1. The average molecular weight is 456 g/mol. The minimum Gasteiger partial charge on any atom is -0.364 e. The van der Waals surface area contributed by atoms with E-state index in [0.717, 1.165) is 60.8 Å². The Bertz CT molecular complexity index is 1330. The zero-order valence-corrected chi connectivity index (χ0v) is 18.7. The van der Waals surface area contributed by atoms with Gasteiger partial charge in [-0.2, -0.15) is 5.10 Å². The summed E-state index contributed by atoms with van der Waals surface area (Å²) in [5.41, 5.74) is 4.17. The molecule has 1 saturated carbocycles. The molecule has 2 amide bonds. The van der Waals surface area contributed by atoms with E-state index in [1.807, 2.05) is 41.3 Å². The number of hydrogen-bond acceptors (Lipinski definition) is 5. The van der Waals surface area contributed by atoms with E-state index in [9.17, 15) is 9.59 Å². The second kappa shape index (κ2) is 8.13. The number of benzene rings is 2. The lowest BCUT2D eigenvalue weighted by Gasteiger charge is -2.53. The predicted molar refractivity (Wildman–Crippen MR) is 126 cm³/mol. The van der Waals surface area contributed by atoms with Gasteiger partial charge in [0.25, 0.3) is 11.8 Å². The number of carbonyl (C=O) groups excluding carboxylic acids is 2. The number of fused-ring (bicyclic) bond motifs is 1. The number of nitrogens with zero attached hydrogens (tertiary/aromatic N) is 3. The van der Waals surface area contributed by atoms with Gasteiger partial charge >= 0.3 is 0 Å². The number of amides is 2. The number of hydrogen-bond donors (Lipinski definition) is 2. The standard InChI is InChI=1S/C26H25N5O3/c32-24(19-13-27-34-14-19)28-20-8-10-26(11-9-20)15-31(16-26)25(33)23-21-7-6-18(12-22(21)29-30-23)17-4-2-1-3-5-17/h1-7,12-14,20H,8-11,15-16H2,(H,28,32)(H,29,30). The van der Waals surface area contributed by atoms with Crippen LogP contribution in [0.5, 0.6) is 0 Å². The molecule has 1 aliphatic heterocycles. The molecular weight excluding hydrogens is 430 g/mol. The molecular formula is C26H25N5O3. The number of rotatable bonds is 4. The van der Waals surface area contributed by atoms with Gasteiger partial charge in [-0.1, -0.05) is 41.6 Å². The fourth-order valence-electron chi connectivity index (χ4n) is 5.33. The van der Waals surface area contributed by atoms with Crippen LogP contribution in [-0.2, 0) is 0 Å². The maximum atomic E-state index is 13.2. The van der Waals surface area contributed by atoms with Crippen LogP contribution in [0.3, 0.4) is 0 Å². The summed E-state index contributed by atoms with van der Waals surface area (Å²) in [6.07, 6.45) is 6.59. The maximum Gasteiger partial charge on any atom is 0.275 e. The van der Waals surface area contributed by atoms with Crippen LogP contribution >= 0.6 is 0 Å². The van der Waals surface area contributed by atoms with Crippen molar-refractivity contribution in [2.45, 2.75) is 31.7 Å². The average Bonchev–Trinajstić information content (AvgIpc) is 3.53. The molecule has 0 atom stereocenters. The zero-order valence-electron chi connectivity index (χ0n) is 18.7. The molecule has 6 rings (SSSR count). The van der Waals surface area contributed by atoms with Crippen LogP contribution in [0, 0.1) is 5.41 Å². The minimum atomic E-state index is -0.145. The van der Waals surface area contributed by atoms with Crippen molar-refractivity contribution in [2.75, 3.05) is 13.1 Å². The maximum absolute atomic E-state index is 13.2. The lowest BCUT2D eigenvalue weighted by atomic mass is 9.67. The molecule has 0 unspecified atom stereocenters. The van der Waals surface area contributed by atoms with Crippen molar-refractivity contribution in [3.63, 3.8) is 0 Å². The summed E-state index contributed by atoms with van der Waals surface area (Å²) in [6.45, 7) is 1.49. The Morgan fingerprint density at radius 2 is 1.85 bits per heavy atom. The highest BCUT2D eigenvalue weighted by Gasteiger charge is 2.47. The molecule has 34 heavy (non-hydrogen) atoms. The van der Waals surface area contributed by atoms with Gasteiger partial charge in [0.05, 0.1) is 17.3 Å². The van der Waals surface area contributed by atoms with Crippen LogP contribution < -0.4 is 5.32 Å². The fourth-order valence-corrected chi connectivity index (χ4v) is 5.33. The molecule has 8 nitrogen and oxygen atoms in total. The van der Waals surface area contributed by atoms with E-state index in [2.05, 4.69) is 32.8 Å². The normalized spacial score (nSPS) is 17.6. The van der Waals surface area contributed by atoms with Crippen LogP contribution in [0.1, 0.15) is 46.5 Å². The number of likely N-dealkylation sites (tertiary alicyclic amines) is 1. The predicted octanol–water partition coefficient (Wildman–Crippen LogP) is 4.03. The van der Waals surface area contributed by atoms with E-state index in [1.165, 1.54) is 12.5 Å². The van der Waals surface area contributed by atoms with E-state index >= 15 is 0 Å². The molecule has 1 spiro atoms. The van der Waals surface area contributed by atoms with Gasteiger partial charge in [-0.15, -0.1) is 0 Å². The monoisotopic (exact) mass is 455 g/mol. The lowest BCUT2D eigenvalue weighted by Crippen LogP contribution is -2.60. The van der Waals surface area contributed by atoms with Crippen molar-refractivity contribution in [1.82, 2.24) is 25.6 Å². The summed E-state index contributed by atoms with van der Waals surface area (Å²) in [7, 11) is 0. The van der Waals surface area contributed by atoms with E-state index < -0.39 is 0 Å². The van der Waals surface area contributed by atoms with Gasteiger partial charge in [0.2, 0.25) is 0 Å². The Kier molecular flexibility index (Phi) is 4.94. The summed E-state index contributed by atoms with van der Waals surface area (Å²) in [5, 5.41) is 14.9. The van der Waals surface area contributed by atoms with Crippen LogP contribution in [0.25, 0.3) is 22.0 Å². The van der Waals surface area contributed by atoms with E-state index in [1.54, 1.807) is 0 Å². The number of aromatic nitrogens is 3. The first kappa shape index (κ1) is 20.7. The summed E-state index contributed by atoms with van der Waals surface area (Å²) in [5.74, 6) is -0.166. The summed E-state index contributed by atoms with van der Waals surface area (Å²) >= 11 is 0. The quantitative estimate of drug-likeness (QED) is 0.483. The molecule has 2 aromatic carbocycles. The molecule has 2 fully saturated rings. The molecule has 3 heterocycles. The second-order valence-corrected chi connectivity index (χ2v) is 9.52. The minimum absolute atomic E-state index is 0.0211. The first-order valence-electron chi connectivity index (χ1n) is 11.6. The Morgan fingerprint density at radius 3 is 2.59 bits per heavy atom. The summed E-state index contributed by atoms with van der Waals surface area (Å²) < 4.78 is 4.75. The van der Waals surface area contributed by atoms with Crippen molar-refractivity contribution < 1.29 is 14.1 Å². The topological polar surface area (TPSA) is 104 Å². The van der Waals surface area contributed by atoms with Crippen molar-refractivity contribution in [2.24, 2.45) is 5.41 Å². The fraction of sp³-hybridized carbons (Fsp3) is 0.308.